The van der Waals surface area contributed by atoms with E-state index < -0.39 is 11.7 Å². The predicted octanol–water partition coefficient (Wildman–Crippen LogP) is 3.49. The summed E-state index contributed by atoms with van der Waals surface area (Å²) in [5, 5.41) is 5.78. The minimum Gasteiger partial charge on any atom is -0.398 e. The van der Waals surface area contributed by atoms with Crippen molar-refractivity contribution in [3.8, 4) is 0 Å². The fourth-order valence-electron chi connectivity index (χ4n) is 3.47. The number of anilines is 4. The number of amides is 1. The van der Waals surface area contributed by atoms with Crippen LogP contribution in [0, 0.1) is 0 Å². The molecular weight excluding hydrogens is 397 g/mol. The summed E-state index contributed by atoms with van der Waals surface area (Å²) in [4.78, 5) is 22.3. The van der Waals surface area contributed by atoms with Crippen molar-refractivity contribution in [1.29, 1.82) is 0 Å². The highest BCUT2D eigenvalue weighted by molar-refractivity contribution is 5.73. The number of hydrogen-bond donors (Lipinski definition) is 3. The number of aromatic nitrogens is 2. The fourth-order valence-corrected chi connectivity index (χ4v) is 3.47. The summed E-state index contributed by atoms with van der Waals surface area (Å²) < 4.78 is 39.5. The Bertz CT molecular complexity index is 918. The van der Waals surface area contributed by atoms with Gasteiger partial charge in [-0.2, -0.15) is 18.2 Å². The van der Waals surface area contributed by atoms with Crippen LogP contribution in [0.2, 0.25) is 0 Å². The highest BCUT2D eigenvalue weighted by atomic mass is 19.4. The van der Waals surface area contributed by atoms with Crippen LogP contribution in [0.15, 0.2) is 24.3 Å². The van der Waals surface area contributed by atoms with Gasteiger partial charge in [0.15, 0.2) is 0 Å². The van der Waals surface area contributed by atoms with Gasteiger partial charge in [0.05, 0.1) is 5.56 Å². The summed E-state index contributed by atoms with van der Waals surface area (Å²) in [6, 6.07) is 5.54. The van der Waals surface area contributed by atoms with E-state index in [0.29, 0.717) is 25.3 Å². The second-order valence-electron chi connectivity index (χ2n) is 7.35. The minimum absolute atomic E-state index is 0.0370. The zero-order valence-corrected chi connectivity index (χ0v) is 16.9. The van der Waals surface area contributed by atoms with Gasteiger partial charge in [-0.1, -0.05) is 13.3 Å². The molecule has 0 radical (unpaired) electrons. The topological polar surface area (TPSA) is 96.2 Å². The first-order valence-corrected chi connectivity index (χ1v) is 9.79. The van der Waals surface area contributed by atoms with Crippen LogP contribution < -0.4 is 21.3 Å². The van der Waals surface area contributed by atoms with Crippen LogP contribution in [0.4, 0.5) is 36.3 Å². The number of nitrogen functional groups attached to an aromatic ring is 1. The quantitative estimate of drug-likeness (QED) is 0.617. The van der Waals surface area contributed by atoms with Gasteiger partial charge < -0.3 is 21.3 Å². The molecule has 1 aromatic carbocycles. The summed E-state index contributed by atoms with van der Waals surface area (Å²) in [5.74, 6) is 0.814. The first-order valence-electron chi connectivity index (χ1n) is 9.79. The summed E-state index contributed by atoms with van der Waals surface area (Å²) >= 11 is 0. The van der Waals surface area contributed by atoms with Crippen molar-refractivity contribution in [2.45, 2.75) is 45.3 Å². The van der Waals surface area contributed by atoms with Crippen LogP contribution in [0.3, 0.4) is 0 Å². The van der Waals surface area contributed by atoms with E-state index in [1.165, 1.54) is 19.1 Å². The van der Waals surface area contributed by atoms with Gasteiger partial charge in [0.1, 0.15) is 5.82 Å². The predicted molar refractivity (Wildman–Crippen MR) is 110 cm³/mol. The molecule has 1 saturated heterocycles. The number of nitrogens with zero attached hydrogens (tertiary/aromatic N) is 3. The first-order chi connectivity index (χ1) is 14.2. The van der Waals surface area contributed by atoms with Gasteiger partial charge in [0.25, 0.3) is 0 Å². The molecule has 4 N–H and O–H groups in total. The summed E-state index contributed by atoms with van der Waals surface area (Å²) in [7, 11) is 0. The number of benzene rings is 1. The molecule has 1 amide bonds. The molecule has 1 fully saturated rings. The molecule has 162 valence electrons. The standard InChI is InChI=1S/C20H25F3N6O/c1-3-4-13-10-18(29-8-7-15(11-29)25-12(2)30)28-19(26-13)27-14-5-6-17(24)16(9-14)20(21,22)23/h5-6,9-10,15H,3-4,7-8,11,24H2,1-2H3,(H,25,30)(H,26,27,28)/t15-/m0/s1. The first kappa shape index (κ1) is 21.7. The number of nitrogens with one attached hydrogen (secondary N) is 2. The number of carbonyl (C=O) groups excluding carboxylic acids is 1. The van der Waals surface area contributed by atoms with Crippen LogP contribution in [0.5, 0.6) is 0 Å². The SMILES string of the molecule is CCCc1cc(N2CC[C@H](NC(C)=O)C2)nc(Nc2ccc(N)c(C(F)(F)F)c2)n1. The van der Waals surface area contributed by atoms with Gasteiger partial charge in [-0.05, 0) is 31.0 Å². The number of carbonyl (C=O) groups is 1. The average Bonchev–Trinajstić information content (AvgIpc) is 3.10. The summed E-state index contributed by atoms with van der Waals surface area (Å²) in [6.45, 7) is 4.83. The Morgan fingerprint density at radius 3 is 2.73 bits per heavy atom. The molecule has 2 aromatic rings. The van der Waals surface area contributed by atoms with Gasteiger partial charge >= 0.3 is 6.18 Å². The third kappa shape index (κ3) is 5.31. The fraction of sp³-hybridized carbons (Fsp3) is 0.450. The number of nitrogens with two attached hydrogens (primary N) is 1. The monoisotopic (exact) mass is 422 g/mol. The second kappa shape index (κ2) is 8.76. The van der Waals surface area contributed by atoms with Crippen molar-refractivity contribution in [1.82, 2.24) is 15.3 Å². The van der Waals surface area contributed by atoms with E-state index in [1.54, 1.807) is 0 Å². The van der Waals surface area contributed by atoms with E-state index in [4.69, 9.17) is 5.73 Å². The molecule has 0 aliphatic carbocycles. The van der Waals surface area contributed by atoms with E-state index in [0.717, 1.165) is 24.6 Å². The summed E-state index contributed by atoms with van der Waals surface area (Å²) in [5.41, 5.74) is 5.22. The Morgan fingerprint density at radius 2 is 2.07 bits per heavy atom. The van der Waals surface area contributed by atoms with Crippen LogP contribution >= 0.6 is 0 Å². The number of alkyl halides is 3. The maximum absolute atomic E-state index is 13.2. The van der Waals surface area contributed by atoms with Crippen molar-refractivity contribution in [3.63, 3.8) is 0 Å². The Balaban J connectivity index is 1.86. The van der Waals surface area contributed by atoms with E-state index in [-0.39, 0.29) is 29.3 Å². The molecular formula is C20H25F3N6O. The number of halogens is 3. The maximum atomic E-state index is 13.2. The van der Waals surface area contributed by atoms with Crippen molar-refractivity contribution in [2.24, 2.45) is 0 Å². The molecule has 2 heterocycles. The molecule has 1 aliphatic heterocycles. The van der Waals surface area contributed by atoms with Gasteiger partial charge in [-0.25, -0.2) is 4.98 Å². The zero-order valence-electron chi connectivity index (χ0n) is 16.9. The molecule has 0 unspecified atom stereocenters. The van der Waals surface area contributed by atoms with Crippen LogP contribution in [0.1, 0.15) is 37.9 Å². The molecule has 1 aliphatic rings. The lowest BCUT2D eigenvalue weighted by atomic mass is 10.1. The minimum atomic E-state index is -4.55. The normalized spacial score (nSPS) is 16.6. The smallest absolute Gasteiger partial charge is 0.398 e. The lowest BCUT2D eigenvalue weighted by molar-refractivity contribution is -0.136. The highest BCUT2D eigenvalue weighted by Crippen LogP contribution is 2.35. The van der Waals surface area contributed by atoms with Gasteiger partial charge in [0.2, 0.25) is 11.9 Å². The molecule has 0 spiro atoms. The Morgan fingerprint density at radius 1 is 1.30 bits per heavy atom. The lowest BCUT2D eigenvalue weighted by Gasteiger charge is -2.20. The third-order valence-electron chi connectivity index (χ3n) is 4.81. The molecule has 30 heavy (non-hydrogen) atoms. The van der Waals surface area contributed by atoms with Gasteiger partial charge in [0, 0.05) is 49.2 Å². The Kier molecular flexibility index (Phi) is 6.33. The van der Waals surface area contributed by atoms with Crippen LogP contribution in [0.25, 0.3) is 0 Å². The van der Waals surface area contributed by atoms with E-state index in [9.17, 15) is 18.0 Å². The molecule has 1 aromatic heterocycles. The highest BCUT2D eigenvalue weighted by Gasteiger charge is 2.33. The molecule has 0 saturated carbocycles. The molecule has 0 bridgehead atoms. The van der Waals surface area contributed by atoms with Crippen molar-refractivity contribution in [3.05, 3.63) is 35.5 Å². The van der Waals surface area contributed by atoms with Crippen molar-refractivity contribution in [2.75, 3.05) is 29.0 Å². The number of rotatable bonds is 6. The molecule has 10 heteroatoms. The maximum Gasteiger partial charge on any atom is 0.418 e. The number of aryl methyl sites for hydroxylation is 1. The zero-order chi connectivity index (χ0) is 21.9. The molecule has 7 nitrogen and oxygen atoms in total. The lowest BCUT2D eigenvalue weighted by Crippen LogP contribution is -2.35. The van der Waals surface area contributed by atoms with Crippen LogP contribution in [-0.4, -0.2) is 35.0 Å². The third-order valence-corrected chi connectivity index (χ3v) is 4.81. The number of hydrogen-bond acceptors (Lipinski definition) is 6. The molecule has 3 rings (SSSR count). The Labute approximate surface area is 172 Å². The molecule has 1 atom stereocenters. The van der Waals surface area contributed by atoms with E-state index >= 15 is 0 Å². The summed E-state index contributed by atoms with van der Waals surface area (Å²) in [6.07, 6.45) is -2.18. The van der Waals surface area contributed by atoms with Crippen LogP contribution in [-0.2, 0) is 17.4 Å². The second-order valence-corrected chi connectivity index (χ2v) is 7.35. The largest absolute Gasteiger partial charge is 0.418 e. The van der Waals surface area contributed by atoms with Gasteiger partial charge in [-0.3, -0.25) is 4.79 Å². The van der Waals surface area contributed by atoms with Crippen molar-refractivity contribution >= 4 is 29.0 Å². The van der Waals surface area contributed by atoms with E-state index in [2.05, 4.69) is 20.6 Å². The Hall–Kier alpha value is -3.04. The van der Waals surface area contributed by atoms with Crippen molar-refractivity contribution < 1.29 is 18.0 Å². The average molecular weight is 422 g/mol. The van der Waals surface area contributed by atoms with E-state index in [1.807, 2.05) is 17.9 Å². The van der Waals surface area contributed by atoms with Gasteiger partial charge in [-0.15, -0.1) is 0 Å².